The van der Waals surface area contributed by atoms with Crippen LogP contribution < -0.4 is 0 Å². The van der Waals surface area contributed by atoms with Gasteiger partial charge in [0.15, 0.2) is 5.82 Å². The molecule has 2 heterocycles. The van der Waals surface area contributed by atoms with Gasteiger partial charge in [0.1, 0.15) is 6.33 Å². The summed E-state index contributed by atoms with van der Waals surface area (Å²) >= 11 is 0. The Labute approximate surface area is 101 Å². The maximum absolute atomic E-state index is 11.5. The van der Waals surface area contributed by atoms with E-state index in [2.05, 4.69) is 10.2 Å². The number of carbonyl (C=O) groups excluding carboxylic acids is 1. The molecule has 6 nitrogen and oxygen atoms in total. The summed E-state index contributed by atoms with van der Waals surface area (Å²) in [6.45, 7) is 3.77. The van der Waals surface area contributed by atoms with Gasteiger partial charge < -0.3 is 14.2 Å². The van der Waals surface area contributed by atoms with Gasteiger partial charge in [0, 0.05) is 27.1 Å². The first-order valence-electron chi connectivity index (χ1n) is 5.88. The van der Waals surface area contributed by atoms with Crippen molar-refractivity contribution in [2.24, 2.45) is 0 Å². The Balaban J connectivity index is 2.15. The highest BCUT2D eigenvalue weighted by Crippen LogP contribution is 2.30. The van der Waals surface area contributed by atoms with Gasteiger partial charge in [-0.3, -0.25) is 4.79 Å². The average Bonchev–Trinajstić information content (AvgIpc) is 2.94. The summed E-state index contributed by atoms with van der Waals surface area (Å²) in [6.07, 6.45) is 3.69. The van der Waals surface area contributed by atoms with Gasteiger partial charge in [-0.25, -0.2) is 0 Å². The molecule has 0 unspecified atom stereocenters. The zero-order valence-electron chi connectivity index (χ0n) is 10.3. The number of nitrogens with zero attached hydrogens (tertiary/aromatic N) is 4. The zero-order chi connectivity index (χ0) is 12.3. The third kappa shape index (κ3) is 2.46. The van der Waals surface area contributed by atoms with E-state index < -0.39 is 0 Å². The van der Waals surface area contributed by atoms with Gasteiger partial charge in [0.25, 0.3) is 0 Å². The van der Waals surface area contributed by atoms with Crippen LogP contribution in [-0.4, -0.2) is 45.8 Å². The molecule has 0 bridgehead atoms. The van der Waals surface area contributed by atoms with Crippen molar-refractivity contribution >= 4 is 5.91 Å². The Bertz CT molecular complexity index is 391. The molecule has 94 valence electrons. The maximum atomic E-state index is 11.5. The number of methoxy groups -OCH3 is 1. The second-order valence-corrected chi connectivity index (χ2v) is 4.25. The lowest BCUT2D eigenvalue weighted by Crippen LogP contribution is -2.30. The van der Waals surface area contributed by atoms with E-state index in [1.54, 1.807) is 20.4 Å². The van der Waals surface area contributed by atoms with Crippen molar-refractivity contribution < 1.29 is 9.53 Å². The normalized spacial score (nSPS) is 19.9. The van der Waals surface area contributed by atoms with Gasteiger partial charge in [-0.05, 0) is 12.8 Å². The molecule has 1 atom stereocenters. The molecule has 0 spiro atoms. The Hall–Kier alpha value is -1.43. The Morgan fingerprint density at radius 1 is 1.65 bits per heavy atom. The summed E-state index contributed by atoms with van der Waals surface area (Å²) in [5.41, 5.74) is 0. The van der Waals surface area contributed by atoms with E-state index in [0.29, 0.717) is 6.61 Å². The van der Waals surface area contributed by atoms with Crippen LogP contribution in [0.5, 0.6) is 0 Å². The van der Waals surface area contributed by atoms with Gasteiger partial charge >= 0.3 is 0 Å². The van der Waals surface area contributed by atoms with E-state index >= 15 is 0 Å². The zero-order valence-corrected chi connectivity index (χ0v) is 10.3. The van der Waals surface area contributed by atoms with Gasteiger partial charge in [-0.2, -0.15) is 0 Å². The topological polar surface area (TPSA) is 60.2 Å². The molecule has 0 saturated carbocycles. The average molecular weight is 238 g/mol. The van der Waals surface area contributed by atoms with Crippen LogP contribution in [0.1, 0.15) is 31.6 Å². The molecule has 1 amide bonds. The van der Waals surface area contributed by atoms with E-state index in [-0.39, 0.29) is 11.9 Å². The lowest BCUT2D eigenvalue weighted by molar-refractivity contribution is -0.129. The summed E-state index contributed by atoms with van der Waals surface area (Å²) in [5, 5.41) is 8.08. The molecule has 1 aromatic heterocycles. The predicted octanol–water partition coefficient (Wildman–Crippen LogP) is 0.608. The van der Waals surface area contributed by atoms with Gasteiger partial charge in [-0.15, -0.1) is 10.2 Å². The second kappa shape index (κ2) is 5.27. The minimum atomic E-state index is 0.0758. The summed E-state index contributed by atoms with van der Waals surface area (Å²) in [6, 6.07) is 0.0758. The van der Waals surface area contributed by atoms with Crippen molar-refractivity contribution in [3.05, 3.63) is 12.2 Å². The molecule has 2 rings (SSSR count). The lowest BCUT2D eigenvalue weighted by atomic mass is 10.2. The fourth-order valence-electron chi connectivity index (χ4n) is 2.30. The Morgan fingerprint density at radius 2 is 2.47 bits per heavy atom. The van der Waals surface area contributed by atoms with Crippen LogP contribution in [0, 0.1) is 0 Å². The molecule has 1 fully saturated rings. The largest absolute Gasteiger partial charge is 0.383 e. The highest BCUT2D eigenvalue weighted by Gasteiger charge is 2.31. The molecule has 1 saturated heterocycles. The number of likely N-dealkylation sites (tertiary alicyclic amines) is 1. The minimum Gasteiger partial charge on any atom is -0.383 e. The van der Waals surface area contributed by atoms with Crippen LogP contribution in [0.2, 0.25) is 0 Å². The fourth-order valence-corrected chi connectivity index (χ4v) is 2.30. The van der Waals surface area contributed by atoms with E-state index in [9.17, 15) is 4.79 Å². The molecule has 17 heavy (non-hydrogen) atoms. The van der Waals surface area contributed by atoms with Crippen LogP contribution in [0.3, 0.4) is 0 Å². The van der Waals surface area contributed by atoms with Crippen LogP contribution in [0.15, 0.2) is 6.33 Å². The number of carbonyl (C=O) groups is 1. The second-order valence-electron chi connectivity index (χ2n) is 4.25. The summed E-state index contributed by atoms with van der Waals surface area (Å²) in [4.78, 5) is 13.4. The van der Waals surface area contributed by atoms with Crippen LogP contribution in [0.4, 0.5) is 0 Å². The SMILES string of the molecule is COCCn1cnnc1[C@@H]1CCCN1C(C)=O. The third-order valence-electron chi connectivity index (χ3n) is 3.14. The highest BCUT2D eigenvalue weighted by molar-refractivity contribution is 5.74. The number of hydrogen-bond donors (Lipinski definition) is 0. The Kier molecular flexibility index (Phi) is 3.73. The highest BCUT2D eigenvalue weighted by atomic mass is 16.5. The quantitative estimate of drug-likeness (QED) is 0.771. The number of aromatic nitrogens is 3. The van der Waals surface area contributed by atoms with Crippen molar-refractivity contribution in [2.45, 2.75) is 32.4 Å². The molecule has 0 N–H and O–H groups in total. The minimum absolute atomic E-state index is 0.0758. The molecular formula is C11H18N4O2. The third-order valence-corrected chi connectivity index (χ3v) is 3.14. The molecule has 0 radical (unpaired) electrons. The van der Waals surface area contributed by atoms with Gasteiger partial charge in [-0.1, -0.05) is 0 Å². The molecule has 1 aliphatic heterocycles. The van der Waals surface area contributed by atoms with Crippen molar-refractivity contribution in [2.75, 3.05) is 20.3 Å². The standard InChI is InChI=1S/C11H18N4O2/c1-9(16)15-5-3-4-10(15)11-13-12-8-14(11)6-7-17-2/h8,10H,3-7H2,1-2H3/t10-/m0/s1. The summed E-state index contributed by atoms with van der Waals surface area (Å²) in [7, 11) is 1.67. The van der Waals surface area contributed by atoms with Crippen molar-refractivity contribution in [1.82, 2.24) is 19.7 Å². The number of rotatable bonds is 4. The Morgan fingerprint density at radius 3 is 3.18 bits per heavy atom. The van der Waals surface area contributed by atoms with E-state index in [1.807, 2.05) is 9.47 Å². The smallest absolute Gasteiger partial charge is 0.220 e. The number of amides is 1. The summed E-state index contributed by atoms with van der Waals surface area (Å²) < 4.78 is 7.02. The fraction of sp³-hybridized carbons (Fsp3) is 0.727. The molecule has 1 aliphatic rings. The molecule has 6 heteroatoms. The van der Waals surface area contributed by atoms with E-state index in [4.69, 9.17) is 4.74 Å². The maximum Gasteiger partial charge on any atom is 0.220 e. The van der Waals surface area contributed by atoms with Crippen LogP contribution in [-0.2, 0) is 16.1 Å². The van der Waals surface area contributed by atoms with Gasteiger partial charge in [0.2, 0.25) is 5.91 Å². The van der Waals surface area contributed by atoms with Crippen molar-refractivity contribution in [3.8, 4) is 0 Å². The van der Waals surface area contributed by atoms with E-state index in [0.717, 1.165) is 31.8 Å². The van der Waals surface area contributed by atoms with Crippen molar-refractivity contribution in [3.63, 3.8) is 0 Å². The number of hydrogen-bond acceptors (Lipinski definition) is 4. The summed E-state index contributed by atoms with van der Waals surface area (Å²) in [5.74, 6) is 0.976. The molecule has 0 aromatic carbocycles. The van der Waals surface area contributed by atoms with Crippen LogP contribution >= 0.6 is 0 Å². The first-order valence-corrected chi connectivity index (χ1v) is 5.88. The first-order chi connectivity index (χ1) is 8.24. The van der Waals surface area contributed by atoms with Crippen molar-refractivity contribution in [1.29, 1.82) is 0 Å². The lowest BCUT2D eigenvalue weighted by Gasteiger charge is -2.22. The predicted molar refractivity (Wildman–Crippen MR) is 61.3 cm³/mol. The monoisotopic (exact) mass is 238 g/mol. The molecule has 0 aliphatic carbocycles. The van der Waals surface area contributed by atoms with E-state index in [1.165, 1.54) is 0 Å². The molecular weight excluding hydrogens is 220 g/mol. The number of ether oxygens (including phenoxy) is 1. The first kappa shape index (κ1) is 12.0. The molecule has 1 aromatic rings. The van der Waals surface area contributed by atoms with Gasteiger partial charge in [0.05, 0.1) is 12.6 Å². The van der Waals surface area contributed by atoms with Crippen LogP contribution in [0.25, 0.3) is 0 Å².